The first kappa shape index (κ1) is 13.5. The van der Waals surface area contributed by atoms with Crippen molar-refractivity contribution in [2.45, 2.75) is 11.4 Å². The van der Waals surface area contributed by atoms with E-state index in [0.717, 1.165) is 0 Å². The molecule has 0 atom stereocenters. The van der Waals surface area contributed by atoms with Gasteiger partial charge in [-0.2, -0.15) is 5.10 Å². The number of nitrogens with one attached hydrogen (secondary N) is 2. The number of hydrazine groups is 1. The minimum atomic E-state index is -3.50. The normalized spacial score (nSPS) is 11.4. The van der Waals surface area contributed by atoms with E-state index in [2.05, 4.69) is 15.2 Å². The standard InChI is InChI=1S/C11H15N5O2S/c12-15-10-2-4-11(5-3-10)19(17,18)14-7-9-16-8-1-6-13-16/h1-6,8,14-15H,7,9,12H2. The number of benzene rings is 1. The molecule has 2 rings (SSSR count). The van der Waals surface area contributed by atoms with Crippen molar-refractivity contribution in [3.05, 3.63) is 42.7 Å². The van der Waals surface area contributed by atoms with Gasteiger partial charge in [-0.25, -0.2) is 13.1 Å². The van der Waals surface area contributed by atoms with Gasteiger partial charge in [0.1, 0.15) is 0 Å². The molecule has 0 aliphatic heterocycles. The van der Waals surface area contributed by atoms with Crippen molar-refractivity contribution in [1.82, 2.24) is 14.5 Å². The predicted molar refractivity (Wildman–Crippen MR) is 71.7 cm³/mol. The van der Waals surface area contributed by atoms with Crippen LogP contribution in [0.3, 0.4) is 0 Å². The lowest BCUT2D eigenvalue weighted by atomic mass is 10.3. The van der Waals surface area contributed by atoms with Gasteiger partial charge < -0.3 is 5.43 Å². The number of sulfonamides is 1. The summed E-state index contributed by atoms with van der Waals surface area (Å²) in [6, 6.07) is 7.97. The van der Waals surface area contributed by atoms with E-state index in [1.54, 1.807) is 35.3 Å². The smallest absolute Gasteiger partial charge is 0.240 e. The third-order valence-electron chi connectivity index (χ3n) is 2.52. The molecule has 2 aromatic rings. The van der Waals surface area contributed by atoms with Crippen LogP contribution >= 0.6 is 0 Å². The van der Waals surface area contributed by atoms with Gasteiger partial charge in [0, 0.05) is 24.6 Å². The van der Waals surface area contributed by atoms with E-state index >= 15 is 0 Å². The summed E-state index contributed by atoms with van der Waals surface area (Å²) in [7, 11) is -3.50. The van der Waals surface area contributed by atoms with Crippen LogP contribution in [0.5, 0.6) is 0 Å². The van der Waals surface area contributed by atoms with E-state index in [1.807, 2.05) is 0 Å². The third kappa shape index (κ3) is 3.53. The molecule has 1 heterocycles. The molecule has 7 nitrogen and oxygen atoms in total. The Balaban J connectivity index is 1.97. The minimum Gasteiger partial charge on any atom is -0.324 e. The monoisotopic (exact) mass is 281 g/mol. The SMILES string of the molecule is NNc1ccc(S(=O)(=O)NCCn2cccn2)cc1. The van der Waals surface area contributed by atoms with Gasteiger partial charge in [0.25, 0.3) is 0 Å². The summed E-state index contributed by atoms with van der Waals surface area (Å²) in [4.78, 5) is 0.201. The van der Waals surface area contributed by atoms with Crippen molar-refractivity contribution >= 4 is 15.7 Å². The Bertz CT molecular complexity index is 607. The molecule has 0 radical (unpaired) electrons. The van der Waals surface area contributed by atoms with Gasteiger partial charge in [-0.15, -0.1) is 0 Å². The molecule has 1 aromatic carbocycles. The average Bonchev–Trinajstić information content (AvgIpc) is 2.92. The van der Waals surface area contributed by atoms with E-state index in [0.29, 0.717) is 12.2 Å². The fourth-order valence-electron chi connectivity index (χ4n) is 1.54. The summed E-state index contributed by atoms with van der Waals surface area (Å²) in [5, 5.41) is 3.99. The summed E-state index contributed by atoms with van der Waals surface area (Å²) in [6.07, 6.45) is 3.42. The van der Waals surface area contributed by atoms with Crippen LogP contribution in [-0.4, -0.2) is 24.7 Å². The van der Waals surface area contributed by atoms with Crippen molar-refractivity contribution in [3.63, 3.8) is 0 Å². The summed E-state index contributed by atoms with van der Waals surface area (Å²) in [5.41, 5.74) is 3.09. The molecular formula is C11H15N5O2S. The highest BCUT2D eigenvalue weighted by molar-refractivity contribution is 7.89. The van der Waals surface area contributed by atoms with Gasteiger partial charge in [0.2, 0.25) is 10.0 Å². The molecule has 19 heavy (non-hydrogen) atoms. The van der Waals surface area contributed by atoms with E-state index in [9.17, 15) is 8.42 Å². The Hall–Kier alpha value is -1.90. The average molecular weight is 281 g/mol. The van der Waals surface area contributed by atoms with Crippen LogP contribution in [0.15, 0.2) is 47.6 Å². The highest BCUT2D eigenvalue weighted by atomic mass is 32.2. The number of nitrogens with two attached hydrogens (primary N) is 1. The second-order valence-electron chi connectivity index (χ2n) is 3.84. The molecule has 8 heteroatoms. The highest BCUT2D eigenvalue weighted by Crippen LogP contribution is 2.12. The first-order valence-electron chi connectivity index (χ1n) is 5.65. The maximum absolute atomic E-state index is 12.0. The van der Waals surface area contributed by atoms with Crippen LogP contribution < -0.4 is 16.0 Å². The Labute approximate surface area is 111 Å². The summed E-state index contributed by atoms with van der Waals surface area (Å²) in [5.74, 6) is 5.22. The number of nitrogen functional groups attached to an aromatic ring is 1. The van der Waals surface area contributed by atoms with Crippen LogP contribution in [0, 0.1) is 0 Å². The fraction of sp³-hybridized carbons (Fsp3) is 0.182. The molecular weight excluding hydrogens is 266 g/mol. The molecule has 0 amide bonds. The Kier molecular flexibility index (Phi) is 4.15. The number of rotatable bonds is 6. The van der Waals surface area contributed by atoms with Crippen molar-refractivity contribution < 1.29 is 8.42 Å². The molecule has 0 aliphatic carbocycles. The highest BCUT2D eigenvalue weighted by Gasteiger charge is 2.12. The quantitative estimate of drug-likeness (QED) is 0.516. The lowest BCUT2D eigenvalue weighted by Crippen LogP contribution is -2.27. The van der Waals surface area contributed by atoms with Crippen molar-refractivity contribution in [2.24, 2.45) is 5.84 Å². The third-order valence-corrected chi connectivity index (χ3v) is 4.00. The molecule has 0 unspecified atom stereocenters. The molecule has 0 fully saturated rings. The first-order chi connectivity index (χ1) is 9.12. The first-order valence-corrected chi connectivity index (χ1v) is 7.14. The zero-order valence-electron chi connectivity index (χ0n) is 10.2. The fourth-order valence-corrected chi connectivity index (χ4v) is 2.56. The van der Waals surface area contributed by atoms with Crippen LogP contribution in [0.2, 0.25) is 0 Å². The topological polar surface area (TPSA) is 102 Å². The number of hydrogen-bond acceptors (Lipinski definition) is 5. The summed E-state index contributed by atoms with van der Waals surface area (Å²) in [6.45, 7) is 0.759. The maximum Gasteiger partial charge on any atom is 0.240 e. The number of anilines is 1. The molecule has 0 bridgehead atoms. The van der Waals surface area contributed by atoms with Gasteiger partial charge in [0.15, 0.2) is 0 Å². The second-order valence-corrected chi connectivity index (χ2v) is 5.60. The van der Waals surface area contributed by atoms with Gasteiger partial charge in [-0.05, 0) is 30.3 Å². The number of nitrogens with zero attached hydrogens (tertiary/aromatic N) is 2. The Morgan fingerprint density at radius 3 is 2.58 bits per heavy atom. The van der Waals surface area contributed by atoms with Crippen molar-refractivity contribution in [1.29, 1.82) is 0 Å². The summed E-state index contributed by atoms with van der Waals surface area (Å²) >= 11 is 0. The van der Waals surface area contributed by atoms with Gasteiger partial charge in [-0.3, -0.25) is 10.5 Å². The molecule has 0 saturated carbocycles. The van der Waals surface area contributed by atoms with Gasteiger partial charge in [0.05, 0.1) is 11.4 Å². The van der Waals surface area contributed by atoms with Crippen LogP contribution in [0.4, 0.5) is 5.69 Å². The zero-order valence-corrected chi connectivity index (χ0v) is 11.0. The predicted octanol–water partition coefficient (Wildman–Crippen LogP) is 0.147. The van der Waals surface area contributed by atoms with E-state index < -0.39 is 10.0 Å². The van der Waals surface area contributed by atoms with Crippen LogP contribution in [0.25, 0.3) is 0 Å². The number of aromatic nitrogens is 2. The van der Waals surface area contributed by atoms with Crippen LogP contribution in [0.1, 0.15) is 0 Å². The minimum absolute atomic E-state index is 0.201. The van der Waals surface area contributed by atoms with E-state index in [-0.39, 0.29) is 11.4 Å². The molecule has 4 N–H and O–H groups in total. The molecule has 102 valence electrons. The van der Waals surface area contributed by atoms with E-state index in [4.69, 9.17) is 5.84 Å². The Morgan fingerprint density at radius 1 is 1.26 bits per heavy atom. The Morgan fingerprint density at radius 2 is 2.00 bits per heavy atom. The number of hydrogen-bond donors (Lipinski definition) is 3. The molecule has 0 aliphatic rings. The maximum atomic E-state index is 12.0. The van der Waals surface area contributed by atoms with Crippen LogP contribution in [-0.2, 0) is 16.6 Å². The van der Waals surface area contributed by atoms with Gasteiger partial charge in [-0.1, -0.05) is 0 Å². The zero-order chi connectivity index (χ0) is 13.7. The lowest BCUT2D eigenvalue weighted by molar-refractivity contribution is 0.561. The van der Waals surface area contributed by atoms with Crippen molar-refractivity contribution in [3.8, 4) is 0 Å². The molecule has 0 spiro atoms. The summed E-state index contributed by atoms with van der Waals surface area (Å²) < 4.78 is 28.1. The van der Waals surface area contributed by atoms with E-state index in [1.165, 1.54) is 12.1 Å². The second kappa shape index (κ2) is 5.83. The van der Waals surface area contributed by atoms with Crippen molar-refractivity contribution in [2.75, 3.05) is 12.0 Å². The molecule has 1 aromatic heterocycles. The van der Waals surface area contributed by atoms with Gasteiger partial charge >= 0.3 is 0 Å². The molecule has 0 saturated heterocycles. The lowest BCUT2D eigenvalue weighted by Gasteiger charge is -2.07. The largest absolute Gasteiger partial charge is 0.324 e.